The average Bonchev–Trinajstić information content (AvgIpc) is 2.58. The Morgan fingerprint density at radius 2 is 1.62 bits per heavy atom. The van der Waals surface area contributed by atoms with Crippen molar-refractivity contribution in [2.75, 3.05) is 4.90 Å². The summed E-state index contributed by atoms with van der Waals surface area (Å²) in [5.74, 6) is -0.953. The molecule has 0 atom stereocenters. The lowest BCUT2D eigenvalue weighted by Crippen LogP contribution is -2.30. The second-order valence-electron chi connectivity index (χ2n) is 3.14. The van der Waals surface area contributed by atoms with Gasteiger partial charge in [0.25, 0.3) is 17.1 Å². The highest BCUT2D eigenvalue weighted by atomic mass is 35.5. The minimum atomic E-state index is -0.705. The maximum atomic E-state index is 11.4. The Morgan fingerprint density at radius 3 is 2.19 bits per heavy atom. The summed E-state index contributed by atoms with van der Waals surface area (Å²) >= 11 is 5.37. The molecular weight excluding hydrogens is 230 g/mol. The fourth-order valence-corrected chi connectivity index (χ4v) is 1.63. The van der Waals surface area contributed by atoms with Crippen molar-refractivity contribution >= 4 is 34.3 Å². The average molecular weight is 236 g/mol. The van der Waals surface area contributed by atoms with Gasteiger partial charge in [0, 0.05) is 12.2 Å². The zero-order valence-electron chi connectivity index (χ0n) is 8.01. The molecule has 0 aromatic heterocycles. The molecule has 0 saturated carbocycles. The summed E-state index contributed by atoms with van der Waals surface area (Å²) in [6.07, 6.45) is 2.30. The predicted molar refractivity (Wildman–Crippen MR) is 58.3 cm³/mol. The third-order valence-corrected chi connectivity index (χ3v) is 2.37. The quantitative estimate of drug-likeness (QED) is 0.577. The lowest BCUT2D eigenvalue weighted by atomic mass is 10.2. The second-order valence-corrected chi connectivity index (χ2v) is 3.48. The molecule has 4 nitrogen and oxygen atoms in total. The Morgan fingerprint density at radius 1 is 1.06 bits per heavy atom. The monoisotopic (exact) mass is 235 g/mol. The molecular formula is C11H6ClNO3. The Hall–Kier alpha value is -1.94. The van der Waals surface area contributed by atoms with Crippen LogP contribution in [0, 0.1) is 0 Å². The summed E-state index contributed by atoms with van der Waals surface area (Å²) in [5.41, 5.74) is 0.345. The number of hydrogen-bond donors (Lipinski definition) is 0. The normalized spacial score (nSPS) is 14.7. The minimum Gasteiger partial charge on any atom is -0.276 e. The number of para-hydroxylation sites is 1. The number of amides is 2. The summed E-state index contributed by atoms with van der Waals surface area (Å²) in [7, 11) is 0. The van der Waals surface area contributed by atoms with Crippen molar-refractivity contribution in [3.8, 4) is 0 Å². The molecule has 1 heterocycles. The smallest absolute Gasteiger partial charge is 0.258 e. The van der Waals surface area contributed by atoms with Crippen molar-refractivity contribution in [1.82, 2.24) is 0 Å². The lowest BCUT2D eigenvalue weighted by molar-refractivity contribution is -0.119. The standard InChI is InChI=1S/C11H6ClNO3/c12-11(16)7-3-1-2-4-8(7)13-9(14)5-6-10(13)15/h1-6H. The second kappa shape index (κ2) is 3.90. The van der Waals surface area contributed by atoms with Crippen LogP contribution in [0.3, 0.4) is 0 Å². The van der Waals surface area contributed by atoms with Crippen molar-refractivity contribution < 1.29 is 14.4 Å². The predicted octanol–water partition coefficient (Wildman–Crippen LogP) is 1.49. The first kappa shape index (κ1) is 10.6. The molecule has 0 saturated heterocycles. The maximum absolute atomic E-state index is 11.4. The number of rotatable bonds is 2. The highest BCUT2D eigenvalue weighted by molar-refractivity contribution is 6.68. The van der Waals surface area contributed by atoms with Crippen LogP contribution >= 0.6 is 11.6 Å². The van der Waals surface area contributed by atoms with E-state index >= 15 is 0 Å². The van der Waals surface area contributed by atoms with Gasteiger partial charge >= 0.3 is 0 Å². The van der Waals surface area contributed by atoms with E-state index in [9.17, 15) is 14.4 Å². The van der Waals surface area contributed by atoms with Gasteiger partial charge in [-0.2, -0.15) is 0 Å². The molecule has 1 aromatic carbocycles. The molecule has 1 aliphatic heterocycles. The molecule has 0 bridgehead atoms. The van der Waals surface area contributed by atoms with Crippen molar-refractivity contribution in [2.24, 2.45) is 0 Å². The van der Waals surface area contributed by atoms with Crippen molar-refractivity contribution in [3.63, 3.8) is 0 Å². The topological polar surface area (TPSA) is 54.5 Å². The van der Waals surface area contributed by atoms with E-state index in [1.807, 2.05) is 0 Å². The van der Waals surface area contributed by atoms with Gasteiger partial charge in [0.2, 0.25) is 0 Å². The van der Waals surface area contributed by atoms with E-state index < -0.39 is 17.1 Å². The highest BCUT2D eigenvalue weighted by Crippen LogP contribution is 2.24. The van der Waals surface area contributed by atoms with E-state index in [2.05, 4.69) is 0 Å². The minimum absolute atomic E-state index is 0.134. The van der Waals surface area contributed by atoms with Crippen LogP contribution in [0.15, 0.2) is 36.4 Å². The molecule has 2 rings (SSSR count). The highest BCUT2D eigenvalue weighted by Gasteiger charge is 2.28. The summed E-state index contributed by atoms with van der Waals surface area (Å²) in [6.45, 7) is 0. The first-order valence-electron chi connectivity index (χ1n) is 4.46. The van der Waals surface area contributed by atoms with E-state index in [0.29, 0.717) is 0 Å². The van der Waals surface area contributed by atoms with E-state index in [4.69, 9.17) is 11.6 Å². The number of hydrogen-bond acceptors (Lipinski definition) is 3. The van der Waals surface area contributed by atoms with Gasteiger partial charge in [-0.15, -0.1) is 0 Å². The van der Waals surface area contributed by atoms with Crippen LogP contribution < -0.4 is 4.90 Å². The van der Waals surface area contributed by atoms with Gasteiger partial charge in [-0.1, -0.05) is 12.1 Å². The van der Waals surface area contributed by atoms with Crippen LogP contribution in [-0.4, -0.2) is 17.1 Å². The summed E-state index contributed by atoms with van der Waals surface area (Å²) in [4.78, 5) is 34.9. The summed E-state index contributed by atoms with van der Waals surface area (Å²) < 4.78 is 0. The molecule has 0 fully saturated rings. The molecule has 16 heavy (non-hydrogen) atoms. The fourth-order valence-electron chi connectivity index (χ4n) is 1.47. The zero-order valence-corrected chi connectivity index (χ0v) is 8.77. The number of imide groups is 1. The van der Waals surface area contributed by atoms with Crippen LogP contribution in [0.5, 0.6) is 0 Å². The van der Waals surface area contributed by atoms with E-state index in [1.165, 1.54) is 12.1 Å². The van der Waals surface area contributed by atoms with E-state index in [1.54, 1.807) is 12.1 Å². The largest absolute Gasteiger partial charge is 0.276 e. The Bertz CT molecular complexity index is 504. The van der Waals surface area contributed by atoms with Crippen molar-refractivity contribution in [2.45, 2.75) is 0 Å². The van der Waals surface area contributed by atoms with E-state index in [0.717, 1.165) is 17.1 Å². The molecule has 80 valence electrons. The number of halogens is 1. The number of nitrogens with zero attached hydrogens (tertiary/aromatic N) is 1. The first-order valence-corrected chi connectivity index (χ1v) is 4.84. The van der Waals surface area contributed by atoms with Crippen LogP contribution in [-0.2, 0) is 9.59 Å². The van der Waals surface area contributed by atoms with Gasteiger partial charge < -0.3 is 0 Å². The Balaban J connectivity index is 2.52. The molecule has 0 spiro atoms. The van der Waals surface area contributed by atoms with Crippen LogP contribution in [0.4, 0.5) is 5.69 Å². The van der Waals surface area contributed by atoms with Crippen molar-refractivity contribution in [1.29, 1.82) is 0 Å². The maximum Gasteiger partial charge on any atom is 0.258 e. The molecule has 0 N–H and O–H groups in total. The van der Waals surface area contributed by atoms with Crippen molar-refractivity contribution in [3.05, 3.63) is 42.0 Å². The van der Waals surface area contributed by atoms with Gasteiger partial charge in [-0.05, 0) is 23.7 Å². The Labute approximate surface area is 96.1 Å². The van der Waals surface area contributed by atoms with Gasteiger partial charge in [-0.3, -0.25) is 14.4 Å². The van der Waals surface area contributed by atoms with Gasteiger partial charge in [0.1, 0.15) is 0 Å². The summed E-state index contributed by atoms with van der Waals surface area (Å²) in [5, 5.41) is -0.705. The van der Waals surface area contributed by atoms with Gasteiger partial charge in [0.15, 0.2) is 0 Å². The zero-order chi connectivity index (χ0) is 11.7. The van der Waals surface area contributed by atoms with Gasteiger partial charge in [-0.25, -0.2) is 4.90 Å². The third-order valence-electron chi connectivity index (χ3n) is 2.17. The number of anilines is 1. The van der Waals surface area contributed by atoms with Gasteiger partial charge in [0.05, 0.1) is 11.3 Å². The molecule has 1 aliphatic rings. The van der Waals surface area contributed by atoms with E-state index in [-0.39, 0.29) is 11.3 Å². The number of carbonyl (C=O) groups is 3. The molecule has 0 aliphatic carbocycles. The fraction of sp³-hybridized carbons (Fsp3) is 0. The summed E-state index contributed by atoms with van der Waals surface area (Å²) in [6, 6.07) is 6.19. The molecule has 2 amide bonds. The van der Waals surface area contributed by atoms with Crippen LogP contribution in [0.1, 0.15) is 10.4 Å². The van der Waals surface area contributed by atoms with Crippen LogP contribution in [0.2, 0.25) is 0 Å². The number of benzene rings is 1. The molecule has 5 heteroatoms. The molecule has 0 unspecified atom stereocenters. The molecule has 1 aromatic rings. The third kappa shape index (κ3) is 1.63. The lowest BCUT2D eigenvalue weighted by Gasteiger charge is -2.15. The number of carbonyl (C=O) groups excluding carboxylic acids is 3. The first-order chi connectivity index (χ1) is 7.61. The SMILES string of the molecule is O=C(Cl)c1ccccc1N1C(=O)C=CC1=O. The Kier molecular flexibility index (Phi) is 2.58. The van der Waals surface area contributed by atoms with Crippen LogP contribution in [0.25, 0.3) is 0 Å². The molecule has 0 radical (unpaired) electrons.